The van der Waals surface area contributed by atoms with Gasteiger partial charge >= 0.3 is 6.03 Å². The minimum Gasteiger partial charge on any atom is -0.350 e. The number of rotatable bonds is 3. The first-order valence-electron chi connectivity index (χ1n) is 8.56. The van der Waals surface area contributed by atoms with Crippen LogP contribution in [0.4, 0.5) is 22.1 Å². The van der Waals surface area contributed by atoms with E-state index in [-0.39, 0.29) is 6.03 Å². The summed E-state index contributed by atoms with van der Waals surface area (Å²) in [7, 11) is 0. The van der Waals surface area contributed by atoms with E-state index < -0.39 is 0 Å². The number of hydrogen-bond acceptors (Lipinski definition) is 4. The molecule has 130 valence electrons. The van der Waals surface area contributed by atoms with Crippen LogP contribution in [0.25, 0.3) is 0 Å². The first kappa shape index (κ1) is 16.1. The van der Waals surface area contributed by atoms with Crippen LogP contribution in [-0.2, 0) is 13.0 Å². The fourth-order valence-corrected chi connectivity index (χ4v) is 3.05. The van der Waals surface area contributed by atoms with E-state index in [0.29, 0.717) is 5.82 Å². The van der Waals surface area contributed by atoms with E-state index >= 15 is 0 Å². The van der Waals surface area contributed by atoms with Crippen molar-refractivity contribution in [3.05, 3.63) is 77.9 Å². The summed E-state index contributed by atoms with van der Waals surface area (Å²) < 4.78 is 0. The summed E-state index contributed by atoms with van der Waals surface area (Å²) in [5.41, 5.74) is 3.44. The Morgan fingerprint density at radius 3 is 2.38 bits per heavy atom. The summed E-state index contributed by atoms with van der Waals surface area (Å²) in [6.45, 7) is 1.74. The van der Waals surface area contributed by atoms with Gasteiger partial charge in [0.1, 0.15) is 0 Å². The van der Waals surface area contributed by atoms with E-state index in [0.717, 1.165) is 31.0 Å². The molecular formula is C20H19N5O. The monoisotopic (exact) mass is 345 g/mol. The van der Waals surface area contributed by atoms with E-state index in [9.17, 15) is 4.79 Å². The third-order valence-electron chi connectivity index (χ3n) is 4.38. The summed E-state index contributed by atoms with van der Waals surface area (Å²) in [6.07, 6.45) is 0.997. The number of anilines is 3. The SMILES string of the molecule is O=C(Nc1ccccc1)Nc1ccc(N2CCc3ccccc3C2)nn1. The molecule has 6 nitrogen and oxygen atoms in total. The molecule has 2 amide bonds. The number of fused-ring (bicyclic) bond motifs is 1. The number of carbonyl (C=O) groups is 1. The minimum absolute atomic E-state index is 0.342. The lowest BCUT2D eigenvalue weighted by molar-refractivity contribution is 0.262. The maximum atomic E-state index is 12.0. The Balaban J connectivity index is 1.39. The molecule has 0 unspecified atom stereocenters. The molecule has 1 aliphatic heterocycles. The third kappa shape index (κ3) is 3.64. The summed E-state index contributed by atoms with van der Waals surface area (Å²) >= 11 is 0. The number of hydrogen-bond donors (Lipinski definition) is 2. The zero-order chi connectivity index (χ0) is 17.8. The zero-order valence-electron chi connectivity index (χ0n) is 14.2. The van der Waals surface area contributed by atoms with Crippen molar-refractivity contribution < 1.29 is 4.79 Å². The van der Waals surface area contributed by atoms with Crippen molar-refractivity contribution in [1.29, 1.82) is 0 Å². The average molecular weight is 345 g/mol. The highest BCUT2D eigenvalue weighted by atomic mass is 16.2. The Morgan fingerprint density at radius 2 is 1.62 bits per heavy atom. The van der Waals surface area contributed by atoms with Gasteiger partial charge in [0.2, 0.25) is 0 Å². The lowest BCUT2D eigenvalue weighted by Gasteiger charge is -2.29. The number of carbonyl (C=O) groups excluding carboxylic acids is 1. The first-order valence-corrected chi connectivity index (χ1v) is 8.56. The standard InChI is InChI=1S/C20H19N5O/c26-20(21-17-8-2-1-3-9-17)22-18-10-11-19(24-23-18)25-13-12-15-6-4-5-7-16(15)14-25/h1-11H,12-14H2,(H2,21,22,23,26). The second-order valence-electron chi connectivity index (χ2n) is 6.16. The van der Waals surface area contributed by atoms with Crippen molar-refractivity contribution in [3.8, 4) is 0 Å². The molecule has 0 saturated heterocycles. The lowest BCUT2D eigenvalue weighted by atomic mass is 10.00. The Labute approximate surface area is 151 Å². The zero-order valence-corrected chi connectivity index (χ0v) is 14.2. The van der Waals surface area contributed by atoms with E-state index in [4.69, 9.17) is 0 Å². The van der Waals surface area contributed by atoms with Crippen LogP contribution in [0.15, 0.2) is 66.7 Å². The van der Waals surface area contributed by atoms with E-state index in [1.165, 1.54) is 11.1 Å². The van der Waals surface area contributed by atoms with Crippen LogP contribution in [0, 0.1) is 0 Å². The number of benzene rings is 2. The van der Waals surface area contributed by atoms with E-state index in [2.05, 4.69) is 50.0 Å². The molecule has 1 aromatic heterocycles. The largest absolute Gasteiger partial charge is 0.350 e. The average Bonchev–Trinajstić information content (AvgIpc) is 2.69. The molecule has 2 N–H and O–H groups in total. The van der Waals surface area contributed by atoms with Crippen molar-refractivity contribution in [2.24, 2.45) is 0 Å². The second kappa shape index (κ2) is 7.23. The molecule has 0 bridgehead atoms. The third-order valence-corrected chi connectivity index (χ3v) is 4.38. The van der Waals surface area contributed by atoms with E-state index in [1.54, 1.807) is 6.07 Å². The molecule has 0 radical (unpaired) electrons. The van der Waals surface area contributed by atoms with Crippen LogP contribution in [0.5, 0.6) is 0 Å². The molecule has 3 aromatic rings. The van der Waals surface area contributed by atoms with Gasteiger partial charge in [0.25, 0.3) is 0 Å². The Morgan fingerprint density at radius 1 is 0.846 bits per heavy atom. The van der Waals surface area contributed by atoms with Crippen molar-refractivity contribution in [2.45, 2.75) is 13.0 Å². The van der Waals surface area contributed by atoms with Gasteiger partial charge in [-0.1, -0.05) is 42.5 Å². The van der Waals surface area contributed by atoms with Gasteiger partial charge in [-0.2, -0.15) is 0 Å². The highest BCUT2D eigenvalue weighted by Crippen LogP contribution is 2.23. The quantitative estimate of drug-likeness (QED) is 0.760. The number of amides is 2. The van der Waals surface area contributed by atoms with Crippen molar-refractivity contribution in [3.63, 3.8) is 0 Å². The van der Waals surface area contributed by atoms with Crippen LogP contribution >= 0.6 is 0 Å². The number of aromatic nitrogens is 2. The maximum Gasteiger partial charge on any atom is 0.324 e. The normalized spacial score (nSPS) is 13.0. The molecule has 1 aliphatic rings. The molecule has 2 heterocycles. The van der Waals surface area contributed by atoms with Gasteiger partial charge in [-0.25, -0.2) is 4.79 Å². The van der Waals surface area contributed by atoms with Gasteiger partial charge in [-0.15, -0.1) is 10.2 Å². The van der Waals surface area contributed by atoms with Gasteiger partial charge in [0, 0.05) is 18.8 Å². The molecule has 6 heteroatoms. The van der Waals surface area contributed by atoms with Gasteiger partial charge in [0.05, 0.1) is 0 Å². The summed E-state index contributed by atoms with van der Waals surface area (Å²) in [4.78, 5) is 14.2. The summed E-state index contributed by atoms with van der Waals surface area (Å²) in [5.74, 6) is 1.23. The van der Waals surface area contributed by atoms with Crippen molar-refractivity contribution in [2.75, 3.05) is 22.1 Å². The van der Waals surface area contributed by atoms with Gasteiger partial charge in [-0.05, 0) is 41.8 Å². The van der Waals surface area contributed by atoms with Crippen LogP contribution in [0.2, 0.25) is 0 Å². The maximum absolute atomic E-state index is 12.0. The number of urea groups is 1. The number of para-hydroxylation sites is 1. The molecule has 0 fully saturated rings. The van der Waals surface area contributed by atoms with Crippen molar-refractivity contribution >= 4 is 23.4 Å². The molecular weight excluding hydrogens is 326 g/mol. The van der Waals surface area contributed by atoms with Crippen LogP contribution in [-0.4, -0.2) is 22.8 Å². The fraction of sp³-hybridized carbons (Fsp3) is 0.150. The minimum atomic E-state index is -0.342. The number of nitrogens with zero attached hydrogens (tertiary/aromatic N) is 3. The molecule has 0 atom stereocenters. The van der Waals surface area contributed by atoms with Gasteiger partial charge in [-0.3, -0.25) is 5.32 Å². The lowest BCUT2D eigenvalue weighted by Crippen LogP contribution is -2.31. The molecule has 26 heavy (non-hydrogen) atoms. The number of nitrogens with one attached hydrogen (secondary N) is 2. The van der Waals surface area contributed by atoms with Crippen molar-refractivity contribution in [1.82, 2.24) is 10.2 Å². The van der Waals surface area contributed by atoms with Gasteiger partial charge < -0.3 is 10.2 Å². The Bertz CT molecular complexity index is 896. The van der Waals surface area contributed by atoms with Gasteiger partial charge in [0.15, 0.2) is 11.6 Å². The van der Waals surface area contributed by atoms with Crippen LogP contribution < -0.4 is 15.5 Å². The highest BCUT2D eigenvalue weighted by molar-refractivity contribution is 5.99. The predicted octanol–water partition coefficient (Wildman–Crippen LogP) is 3.68. The molecule has 0 saturated carbocycles. The topological polar surface area (TPSA) is 70.2 Å². The molecule has 2 aromatic carbocycles. The summed E-state index contributed by atoms with van der Waals surface area (Å²) in [5, 5.41) is 13.8. The highest BCUT2D eigenvalue weighted by Gasteiger charge is 2.17. The Kier molecular flexibility index (Phi) is 4.47. The predicted molar refractivity (Wildman–Crippen MR) is 102 cm³/mol. The van der Waals surface area contributed by atoms with Crippen LogP contribution in [0.1, 0.15) is 11.1 Å². The second-order valence-corrected chi connectivity index (χ2v) is 6.16. The molecule has 0 spiro atoms. The molecule has 4 rings (SSSR count). The van der Waals surface area contributed by atoms with Crippen LogP contribution in [0.3, 0.4) is 0 Å². The summed E-state index contributed by atoms with van der Waals surface area (Å²) in [6, 6.07) is 21.0. The first-order chi connectivity index (χ1) is 12.8. The smallest absolute Gasteiger partial charge is 0.324 e. The van der Waals surface area contributed by atoms with E-state index in [1.807, 2.05) is 36.4 Å². The fourth-order valence-electron chi connectivity index (χ4n) is 3.05. The Hall–Kier alpha value is -3.41. The molecule has 0 aliphatic carbocycles.